The maximum atomic E-state index is 12.4. The summed E-state index contributed by atoms with van der Waals surface area (Å²) in [7, 11) is -3.42. The first-order valence-corrected chi connectivity index (χ1v) is 9.70. The number of piperazine rings is 1. The van der Waals surface area contributed by atoms with E-state index in [1.807, 2.05) is 0 Å². The van der Waals surface area contributed by atoms with E-state index in [0.29, 0.717) is 36.9 Å². The Bertz CT molecular complexity index is 637. The van der Waals surface area contributed by atoms with Crippen molar-refractivity contribution < 1.29 is 22.9 Å². The summed E-state index contributed by atoms with van der Waals surface area (Å²) in [4.78, 5) is 24.0. The predicted octanol–water partition coefficient (Wildman–Crippen LogP) is -1.52. The SMILES string of the molecule is CCNC(=O)NC(=O)C[NH+]1CCN(S(=O)(=O)c2cccs2)CC1. The van der Waals surface area contributed by atoms with Crippen molar-refractivity contribution in [2.75, 3.05) is 39.3 Å². The Kier molecular flexibility index (Phi) is 6.10. The number of thiophene rings is 1. The fourth-order valence-corrected chi connectivity index (χ4v) is 4.95. The van der Waals surface area contributed by atoms with Gasteiger partial charge in [-0.25, -0.2) is 13.2 Å². The molecule has 2 heterocycles. The molecule has 0 aromatic carbocycles. The van der Waals surface area contributed by atoms with Crippen LogP contribution in [0.4, 0.5) is 4.79 Å². The molecular weight excluding hydrogens is 340 g/mol. The standard InChI is InChI=1S/C13H20N4O4S2/c1-2-14-13(19)15-11(18)10-16-5-7-17(8-6-16)23(20,21)12-4-3-9-22-12/h3-4,9H,2,5-8,10H2,1H3,(H2,14,15,18,19)/p+1. The number of hydrogen-bond donors (Lipinski definition) is 3. The molecule has 1 saturated heterocycles. The van der Waals surface area contributed by atoms with Crippen LogP contribution in [0.1, 0.15) is 6.92 Å². The van der Waals surface area contributed by atoms with Crippen molar-refractivity contribution in [2.24, 2.45) is 0 Å². The fraction of sp³-hybridized carbons (Fsp3) is 0.538. The van der Waals surface area contributed by atoms with Crippen molar-refractivity contribution in [3.05, 3.63) is 17.5 Å². The third-order valence-corrected chi connectivity index (χ3v) is 6.79. The van der Waals surface area contributed by atoms with Crippen molar-refractivity contribution >= 4 is 33.3 Å². The second-order valence-corrected chi connectivity index (χ2v) is 8.28. The topological polar surface area (TPSA) is 100 Å². The summed E-state index contributed by atoms with van der Waals surface area (Å²) in [6.45, 7) is 4.17. The van der Waals surface area contributed by atoms with Crippen molar-refractivity contribution in [3.63, 3.8) is 0 Å². The van der Waals surface area contributed by atoms with Crippen LogP contribution < -0.4 is 15.5 Å². The van der Waals surface area contributed by atoms with Crippen LogP contribution in [0.25, 0.3) is 0 Å². The van der Waals surface area contributed by atoms with Gasteiger partial charge in [0.1, 0.15) is 4.21 Å². The minimum Gasteiger partial charge on any atom is -0.338 e. The average molecular weight is 361 g/mol. The van der Waals surface area contributed by atoms with Crippen LogP contribution in [0, 0.1) is 0 Å². The van der Waals surface area contributed by atoms with E-state index in [9.17, 15) is 18.0 Å². The zero-order valence-corrected chi connectivity index (χ0v) is 14.5. The summed E-state index contributed by atoms with van der Waals surface area (Å²) in [5, 5.41) is 6.48. The van der Waals surface area contributed by atoms with E-state index in [2.05, 4.69) is 10.6 Å². The monoisotopic (exact) mass is 361 g/mol. The van der Waals surface area contributed by atoms with E-state index in [4.69, 9.17) is 0 Å². The minimum atomic E-state index is -3.42. The molecule has 0 aliphatic carbocycles. The van der Waals surface area contributed by atoms with Gasteiger partial charge in [0.25, 0.3) is 15.9 Å². The molecule has 2 rings (SSSR count). The molecule has 0 unspecified atom stereocenters. The van der Waals surface area contributed by atoms with Gasteiger partial charge < -0.3 is 10.2 Å². The Labute approximate surface area is 139 Å². The Morgan fingerprint density at radius 1 is 1.35 bits per heavy atom. The lowest BCUT2D eigenvalue weighted by molar-refractivity contribution is -0.895. The highest BCUT2D eigenvalue weighted by molar-refractivity contribution is 7.91. The number of sulfonamides is 1. The minimum absolute atomic E-state index is 0.157. The molecule has 0 bridgehead atoms. The van der Waals surface area contributed by atoms with Gasteiger partial charge in [0.05, 0.1) is 26.2 Å². The number of rotatable bonds is 5. The smallest absolute Gasteiger partial charge is 0.321 e. The van der Waals surface area contributed by atoms with E-state index in [1.54, 1.807) is 24.4 Å². The third-order valence-electron chi connectivity index (χ3n) is 3.52. The van der Waals surface area contributed by atoms with Gasteiger partial charge >= 0.3 is 6.03 Å². The highest BCUT2D eigenvalue weighted by Gasteiger charge is 2.31. The van der Waals surface area contributed by atoms with Crippen LogP contribution in [-0.2, 0) is 14.8 Å². The van der Waals surface area contributed by atoms with Crippen molar-refractivity contribution in [2.45, 2.75) is 11.1 Å². The van der Waals surface area contributed by atoms with E-state index in [0.717, 1.165) is 4.90 Å². The fourth-order valence-electron chi connectivity index (χ4n) is 2.36. The first kappa shape index (κ1) is 17.9. The summed E-state index contributed by atoms with van der Waals surface area (Å²) in [6.07, 6.45) is 0. The number of carbonyl (C=O) groups excluding carboxylic acids is 2. The van der Waals surface area contributed by atoms with Crippen LogP contribution in [-0.4, -0.2) is 63.9 Å². The molecule has 8 nitrogen and oxygen atoms in total. The van der Waals surface area contributed by atoms with Gasteiger partial charge in [0.15, 0.2) is 6.54 Å². The van der Waals surface area contributed by atoms with Gasteiger partial charge in [-0.05, 0) is 18.4 Å². The van der Waals surface area contributed by atoms with Crippen LogP contribution >= 0.6 is 11.3 Å². The summed E-state index contributed by atoms with van der Waals surface area (Å²) in [6, 6.07) is 2.81. The molecule has 23 heavy (non-hydrogen) atoms. The maximum absolute atomic E-state index is 12.4. The Balaban J connectivity index is 1.82. The van der Waals surface area contributed by atoms with E-state index in [1.165, 1.54) is 15.6 Å². The van der Waals surface area contributed by atoms with Gasteiger partial charge in [0, 0.05) is 6.54 Å². The molecular formula is C13H21N4O4S2+. The number of nitrogens with zero attached hydrogens (tertiary/aromatic N) is 1. The quantitative estimate of drug-likeness (QED) is 0.593. The molecule has 0 atom stereocenters. The summed E-state index contributed by atoms with van der Waals surface area (Å²) in [5.41, 5.74) is 0. The molecule has 1 fully saturated rings. The van der Waals surface area contributed by atoms with Crippen LogP contribution in [0.2, 0.25) is 0 Å². The number of carbonyl (C=O) groups is 2. The molecule has 1 aliphatic rings. The number of quaternary nitrogens is 1. The molecule has 0 spiro atoms. The highest BCUT2D eigenvalue weighted by Crippen LogP contribution is 2.20. The number of urea groups is 1. The Morgan fingerprint density at radius 3 is 2.61 bits per heavy atom. The lowest BCUT2D eigenvalue weighted by Gasteiger charge is -2.30. The van der Waals surface area contributed by atoms with E-state index < -0.39 is 16.1 Å². The number of hydrogen-bond acceptors (Lipinski definition) is 5. The molecule has 3 amide bonds. The number of imide groups is 1. The first-order chi connectivity index (χ1) is 10.9. The van der Waals surface area contributed by atoms with Gasteiger partial charge in [-0.1, -0.05) is 6.07 Å². The zero-order chi connectivity index (χ0) is 16.9. The van der Waals surface area contributed by atoms with E-state index >= 15 is 0 Å². The van der Waals surface area contributed by atoms with Crippen molar-refractivity contribution in [3.8, 4) is 0 Å². The van der Waals surface area contributed by atoms with Gasteiger partial charge in [0.2, 0.25) is 0 Å². The van der Waals surface area contributed by atoms with Gasteiger partial charge in [-0.2, -0.15) is 4.31 Å². The van der Waals surface area contributed by atoms with Crippen LogP contribution in [0.5, 0.6) is 0 Å². The van der Waals surface area contributed by atoms with Crippen LogP contribution in [0.15, 0.2) is 21.7 Å². The third kappa shape index (κ3) is 4.74. The molecule has 1 aromatic heterocycles. The largest absolute Gasteiger partial charge is 0.338 e. The number of nitrogens with one attached hydrogen (secondary N) is 3. The molecule has 3 N–H and O–H groups in total. The summed E-state index contributed by atoms with van der Waals surface area (Å²) in [5.74, 6) is -0.361. The molecule has 10 heteroatoms. The Hall–Kier alpha value is -1.49. The lowest BCUT2D eigenvalue weighted by Crippen LogP contribution is -3.15. The number of amides is 3. The Morgan fingerprint density at radius 2 is 2.04 bits per heavy atom. The molecule has 0 radical (unpaired) electrons. The normalized spacial score (nSPS) is 16.9. The second-order valence-electron chi connectivity index (χ2n) is 5.17. The van der Waals surface area contributed by atoms with Crippen molar-refractivity contribution in [1.82, 2.24) is 14.9 Å². The first-order valence-electron chi connectivity index (χ1n) is 7.38. The predicted molar refractivity (Wildman–Crippen MR) is 85.9 cm³/mol. The summed E-state index contributed by atoms with van der Waals surface area (Å²) < 4.78 is 26.6. The average Bonchev–Trinajstić information content (AvgIpc) is 3.02. The maximum Gasteiger partial charge on any atom is 0.321 e. The van der Waals surface area contributed by atoms with Gasteiger partial charge in [-0.15, -0.1) is 11.3 Å². The van der Waals surface area contributed by atoms with E-state index in [-0.39, 0.29) is 12.5 Å². The second kappa shape index (κ2) is 7.86. The summed E-state index contributed by atoms with van der Waals surface area (Å²) >= 11 is 1.20. The molecule has 128 valence electrons. The molecule has 1 aromatic rings. The molecule has 0 saturated carbocycles. The highest BCUT2D eigenvalue weighted by atomic mass is 32.2. The lowest BCUT2D eigenvalue weighted by atomic mass is 10.3. The zero-order valence-electron chi connectivity index (χ0n) is 12.9. The van der Waals surface area contributed by atoms with Gasteiger partial charge in [-0.3, -0.25) is 10.1 Å². The van der Waals surface area contributed by atoms with Crippen molar-refractivity contribution in [1.29, 1.82) is 0 Å². The molecule has 1 aliphatic heterocycles. The van der Waals surface area contributed by atoms with Crippen LogP contribution in [0.3, 0.4) is 0 Å².